The molecule has 0 aromatic rings. The number of carbonyl (C=O) groups is 2. The molecule has 0 heterocycles. The molecule has 0 rings (SSSR count). The van der Waals surface area contributed by atoms with Crippen molar-refractivity contribution in [3.05, 3.63) is 85.1 Å². The van der Waals surface area contributed by atoms with Crippen molar-refractivity contribution >= 4 is 19.8 Å². The smallest absolute Gasteiger partial charge is 0.462 e. The third-order valence-corrected chi connectivity index (χ3v) is 16.2. The SMILES string of the molecule is CC/C=C\C/C=C\C/C=C\C/C=C\C/C=C\CCCCCCCC(=O)OC(COC(=O)CCCCCCCCCCCCCCCCCCCCCCCCCCCCCCC/C=C\C/C=C\CCCCCCC)COP(=O)(O)OCCN. The molecule has 0 aliphatic rings. The van der Waals surface area contributed by atoms with E-state index in [1.54, 1.807) is 0 Å². The molecule has 0 aromatic heterocycles. The van der Waals surface area contributed by atoms with Crippen LogP contribution in [0.15, 0.2) is 85.1 Å². The van der Waals surface area contributed by atoms with Crippen molar-refractivity contribution < 1.29 is 37.6 Å². The van der Waals surface area contributed by atoms with Gasteiger partial charge in [0.2, 0.25) is 0 Å². The number of phosphoric acid groups is 1. The molecule has 0 fully saturated rings. The third kappa shape index (κ3) is 68.2. The van der Waals surface area contributed by atoms with E-state index in [2.05, 4.69) is 98.9 Å². The van der Waals surface area contributed by atoms with Crippen LogP contribution in [0, 0.1) is 0 Å². The van der Waals surface area contributed by atoms with Crippen LogP contribution in [0.4, 0.5) is 0 Å². The first-order chi connectivity index (χ1) is 40.8. The van der Waals surface area contributed by atoms with Gasteiger partial charge in [-0.25, -0.2) is 4.57 Å². The van der Waals surface area contributed by atoms with E-state index in [0.717, 1.165) is 89.9 Å². The Balaban J connectivity index is 3.78. The predicted octanol–water partition coefficient (Wildman–Crippen LogP) is 23.0. The van der Waals surface area contributed by atoms with E-state index in [-0.39, 0.29) is 38.6 Å². The summed E-state index contributed by atoms with van der Waals surface area (Å²) in [6.45, 7) is 3.63. The minimum absolute atomic E-state index is 0.0477. The van der Waals surface area contributed by atoms with Crippen molar-refractivity contribution in [1.29, 1.82) is 0 Å². The van der Waals surface area contributed by atoms with Gasteiger partial charge >= 0.3 is 19.8 Å². The second-order valence-electron chi connectivity index (χ2n) is 23.4. The van der Waals surface area contributed by atoms with Crippen molar-refractivity contribution in [3.63, 3.8) is 0 Å². The molecular formula is C73H132NO8P. The van der Waals surface area contributed by atoms with Crippen LogP contribution in [-0.4, -0.2) is 49.3 Å². The van der Waals surface area contributed by atoms with Gasteiger partial charge in [0, 0.05) is 19.4 Å². The Bertz CT molecular complexity index is 1640. The monoisotopic (exact) mass is 1180 g/mol. The van der Waals surface area contributed by atoms with Crippen LogP contribution < -0.4 is 5.73 Å². The zero-order valence-electron chi connectivity index (χ0n) is 54.2. The van der Waals surface area contributed by atoms with E-state index < -0.39 is 26.5 Å². The quantitative estimate of drug-likeness (QED) is 0.0264. The lowest BCUT2D eigenvalue weighted by molar-refractivity contribution is -0.161. The summed E-state index contributed by atoms with van der Waals surface area (Å²) in [5.74, 6) is -0.841. The van der Waals surface area contributed by atoms with Gasteiger partial charge in [0.05, 0.1) is 13.2 Å². The summed E-state index contributed by atoms with van der Waals surface area (Å²) >= 11 is 0. The molecule has 0 amide bonds. The van der Waals surface area contributed by atoms with E-state index in [9.17, 15) is 19.0 Å². The molecule has 0 aromatic carbocycles. The average Bonchev–Trinajstić information content (AvgIpc) is 3.49. The maximum absolute atomic E-state index is 12.7. The number of hydrogen-bond acceptors (Lipinski definition) is 8. The lowest BCUT2D eigenvalue weighted by atomic mass is 10.0. The molecule has 0 radical (unpaired) electrons. The molecule has 0 bridgehead atoms. The van der Waals surface area contributed by atoms with Gasteiger partial charge in [-0.2, -0.15) is 0 Å². The van der Waals surface area contributed by atoms with Gasteiger partial charge in [0.1, 0.15) is 6.61 Å². The summed E-state index contributed by atoms with van der Waals surface area (Å²) in [6, 6.07) is 0. The van der Waals surface area contributed by atoms with Crippen LogP contribution in [0.2, 0.25) is 0 Å². The van der Waals surface area contributed by atoms with Gasteiger partial charge in [-0.05, 0) is 89.9 Å². The Morgan fingerprint density at radius 2 is 0.663 bits per heavy atom. The minimum atomic E-state index is -4.40. The van der Waals surface area contributed by atoms with Gasteiger partial charge in [-0.15, -0.1) is 0 Å². The summed E-state index contributed by atoms with van der Waals surface area (Å²) in [4.78, 5) is 35.3. The van der Waals surface area contributed by atoms with Crippen LogP contribution in [0.25, 0.3) is 0 Å². The third-order valence-electron chi connectivity index (χ3n) is 15.3. The largest absolute Gasteiger partial charge is 0.472 e. The lowest BCUT2D eigenvalue weighted by Gasteiger charge is -2.19. The molecule has 0 saturated heterocycles. The molecule has 0 saturated carbocycles. The van der Waals surface area contributed by atoms with Crippen LogP contribution in [0.3, 0.4) is 0 Å². The lowest BCUT2D eigenvalue weighted by Crippen LogP contribution is -2.29. The normalized spacial score (nSPS) is 13.4. The maximum atomic E-state index is 12.7. The van der Waals surface area contributed by atoms with Crippen molar-refractivity contribution in [3.8, 4) is 0 Å². The van der Waals surface area contributed by atoms with E-state index in [4.69, 9.17) is 24.3 Å². The molecule has 3 N–H and O–H groups in total. The summed E-state index contributed by atoms with van der Waals surface area (Å²) in [7, 11) is -4.40. The van der Waals surface area contributed by atoms with Crippen LogP contribution in [-0.2, 0) is 32.7 Å². The Kier molecular flexibility index (Phi) is 66.0. The first-order valence-electron chi connectivity index (χ1n) is 35.1. The number of hydrogen-bond donors (Lipinski definition) is 2. The molecule has 9 nitrogen and oxygen atoms in total. The van der Waals surface area contributed by atoms with Crippen LogP contribution >= 0.6 is 7.82 Å². The molecule has 2 unspecified atom stereocenters. The highest BCUT2D eigenvalue weighted by atomic mass is 31.2. The number of rotatable bonds is 66. The number of esters is 2. The maximum Gasteiger partial charge on any atom is 0.472 e. The van der Waals surface area contributed by atoms with Crippen molar-refractivity contribution in [2.24, 2.45) is 5.73 Å². The summed E-state index contributed by atoms with van der Waals surface area (Å²) < 4.78 is 33.1. The zero-order chi connectivity index (χ0) is 60.1. The van der Waals surface area contributed by atoms with E-state index in [1.165, 1.54) is 212 Å². The van der Waals surface area contributed by atoms with E-state index in [1.807, 2.05) is 0 Å². The number of unbranched alkanes of at least 4 members (excludes halogenated alkanes) is 39. The second-order valence-corrected chi connectivity index (χ2v) is 24.8. The Morgan fingerprint density at radius 3 is 0.988 bits per heavy atom. The van der Waals surface area contributed by atoms with Crippen LogP contribution in [0.5, 0.6) is 0 Å². The molecular weight excluding hydrogens is 1050 g/mol. The zero-order valence-corrected chi connectivity index (χ0v) is 55.1. The first-order valence-corrected chi connectivity index (χ1v) is 36.6. The number of ether oxygens (including phenoxy) is 2. The topological polar surface area (TPSA) is 134 Å². The number of phosphoric ester groups is 1. The summed E-state index contributed by atoms with van der Waals surface area (Å²) in [5, 5.41) is 0. The fourth-order valence-corrected chi connectivity index (χ4v) is 10.9. The van der Waals surface area contributed by atoms with Crippen LogP contribution in [0.1, 0.15) is 335 Å². The molecule has 83 heavy (non-hydrogen) atoms. The van der Waals surface area contributed by atoms with Gasteiger partial charge in [0.15, 0.2) is 6.10 Å². The molecule has 0 aliphatic carbocycles. The molecule has 2 atom stereocenters. The van der Waals surface area contributed by atoms with Crippen molar-refractivity contribution in [2.45, 2.75) is 341 Å². The molecule has 0 spiro atoms. The second kappa shape index (κ2) is 68.3. The van der Waals surface area contributed by atoms with Crippen molar-refractivity contribution in [2.75, 3.05) is 26.4 Å². The summed E-state index contributed by atoms with van der Waals surface area (Å²) in [6.07, 6.45) is 91.3. The fourth-order valence-electron chi connectivity index (χ4n) is 10.1. The summed E-state index contributed by atoms with van der Waals surface area (Å²) in [5.41, 5.74) is 5.39. The Morgan fingerprint density at radius 1 is 0.373 bits per heavy atom. The van der Waals surface area contributed by atoms with Crippen molar-refractivity contribution in [1.82, 2.24) is 0 Å². The molecule has 482 valence electrons. The number of allylic oxidation sites excluding steroid dienone is 14. The van der Waals surface area contributed by atoms with Gasteiger partial charge in [-0.1, -0.05) is 317 Å². The fraction of sp³-hybridized carbons (Fsp3) is 0.781. The van der Waals surface area contributed by atoms with Gasteiger partial charge in [0.25, 0.3) is 0 Å². The van der Waals surface area contributed by atoms with E-state index in [0.29, 0.717) is 6.42 Å². The van der Waals surface area contributed by atoms with Gasteiger partial charge < -0.3 is 20.1 Å². The Hall–Kier alpha value is -2.81. The molecule has 0 aliphatic heterocycles. The number of carbonyl (C=O) groups excluding carboxylic acids is 2. The highest BCUT2D eigenvalue weighted by molar-refractivity contribution is 7.47. The number of nitrogens with two attached hydrogens (primary N) is 1. The Labute approximate surface area is 513 Å². The predicted molar refractivity (Wildman–Crippen MR) is 358 cm³/mol. The average molecular weight is 1180 g/mol. The standard InChI is InChI=1S/C73H132NO8P/c1-3-5-7-9-11-13-15-17-19-21-23-25-26-27-28-29-30-31-32-33-34-35-36-37-38-39-40-41-42-43-44-46-47-49-51-53-55-57-59-61-63-65-72(75)79-69-71(70-81-83(77,78)80-68-67-74)82-73(76)66-64-62-60-58-56-54-52-50-48-45-24-22-20-18-16-14-12-10-8-6-4-2/h6,8,12,14-15,17-18,20-21,23-24,45,50,52,71H,3-5,7,9-11,13,16,19,22,25-44,46-49,51,53-70,74H2,1-2H3,(H,77,78)/b8-6-,14-12-,17-15-,20-18-,23-21-,45-24-,52-50-. The first kappa shape index (κ1) is 80.2. The van der Waals surface area contributed by atoms with Gasteiger partial charge in [-0.3, -0.25) is 18.6 Å². The van der Waals surface area contributed by atoms with E-state index >= 15 is 0 Å². The minimum Gasteiger partial charge on any atom is -0.462 e. The highest BCUT2D eigenvalue weighted by Crippen LogP contribution is 2.43. The highest BCUT2D eigenvalue weighted by Gasteiger charge is 2.26. The molecule has 10 heteroatoms.